The summed E-state index contributed by atoms with van der Waals surface area (Å²) in [5.74, 6) is -0.608. The minimum Gasteiger partial charge on any atom is -0.481 e. The number of carboxylic acid groups (broad SMARTS) is 1. The average molecular weight is 311 g/mol. The first-order chi connectivity index (χ1) is 9.99. The molecule has 1 N–H and O–H groups in total. The van der Waals surface area contributed by atoms with Crippen LogP contribution in [0.15, 0.2) is 18.5 Å². The number of nitrogens with zero attached hydrogens (tertiary/aromatic N) is 2. The van der Waals surface area contributed by atoms with Crippen LogP contribution in [0.1, 0.15) is 36.5 Å². The van der Waals surface area contributed by atoms with Crippen LogP contribution in [0.2, 0.25) is 5.02 Å². The SMILES string of the molecule is CC(CC(=O)O)C1CCCN(C(=O)c2ccncc2Cl)C1. The molecule has 6 heteroatoms. The summed E-state index contributed by atoms with van der Waals surface area (Å²) in [5, 5.41) is 9.25. The van der Waals surface area contributed by atoms with Crippen LogP contribution in [0.5, 0.6) is 0 Å². The van der Waals surface area contributed by atoms with E-state index in [-0.39, 0.29) is 24.2 Å². The van der Waals surface area contributed by atoms with E-state index >= 15 is 0 Å². The van der Waals surface area contributed by atoms with Crippen molar-refractivity contribution in [3.8, 4) is 0 Å². The third kappa shape index (κ3) is 3.94. The molecular weight excluding hydrogens is 292 g/mol. The zero-order valence-electron chi connectivity index (χ0n) is 12.0. The van der Waals surface area contributed by atoms with Crippen LogP contribution in [0, 0.1) is 11.8 Å². The van der Waals surface area contributed by atoms with Crippen molar-refractivity contribution >= 4 is 23.5 Å². The number of hydrogen-bond donors (Lipinski definition) is 1. The third-order valence-electron chi connectivity index (χ3n) is 4.05. The molecule has 1 amide bonds. The fourth-order valence-corrected chi connectivity index (χ4v) is 3.02. The highest BCUT2D eigenvalue weighted by molar-refractivity contribution is 6.33. The van der Waals surface area contributed by atoms with Gasteiger partial charge in [-0.3, -0.25) is 14.6 Å². The quantitative estimate of drug-likeness (QED) is 0.928. The molecule has 0 bridgehead atoms. The molecule has 1 aromatic rings. The summed E-state index contributed by atoms with van der Waals surface area (Å²) in [6.07, 6.45) is 5.00. The van der Waals surface area contributed by atoms with Gasteiger partial charge in [0.1, 0.15) is 0 Å². The van der Waals surface area contributed by atoms with E-state index in [0.717, 1.165) is 12.8 Å². The predicted molar refractivity (Wildman–Crippen MR) is 79.3 cm³/mol. The standard InChI is InChI=1S/C15H19ClN2O3/c1-10(7-14(19)20)11-3-2-6-18(9-11)15(21)12-4-5-17-8-13(12)16/h4-5,8,10-11H,2-3,6-7,9H2,1H3,(H,19,20). The Kier molecular flexibility index (Phi) is 5.17. The molecule has 0 aromatic carbocycles. The van der Waals surface area contributed by atoms with Gasteiger partial charge in [0, 0.05) is 31.9 Å². The van der Waals surface area contributed by atoms with Crippen LogP contribution in [0.3, 0.4) is 0 Å². The molecule has 1 aromatic heterocycles. The second-order valence-corrected chi connectivity index (χ2v) is 5.99. The first kappa shape index (κ1) is 15.8. The molecular formula is C15H19ClN2O3. The summed E-state index contributed by atoms with van der Waals surface area (Å²) < 4.78 is 0. The average Bonchev–Trinajstić information content (AvgIpc) is 2.46. The number of carboxylic acids is 1. The Morgan fingerprint density at radius 2 is 2.33 bits per heavy atom. The van der Waals surface area contributed by atoms with Crippen LogP contribution in [-0.2, 0) is 4.79 Å². The maximum Gasteiger partial charge on any atom is 0.303 e. The minimum atomic E-state index is -0.789. The monoisotopic (exact) mass is 310 g/mol. The van der Waals surface area contributed by atoms with Crippen LogP contribution in [-0.4, -0.2) is 40.0 Å². The van der Waals surface area contributed by atoms with Crippen molar-refractivity contribution in [2.24, 2.45) is 11.8 Å². The molecule has 0 radical (unpaired) electrons. The number of hydrogen-bond acceptors (Lipinski definition) is 3. The first-order valence-electron chi connectivity index (χ1n) is 7.09. The van der Waals surface area contributed by atoms with Crippen LogP contribution < -0.4 is 0 Å². The molecule has 0 aliphatic carbocycles. The number of pyridine rings is 1. The minimum absolute atomic E-state index is 0.0611. The largest absolute Gasteiger partial charge is 0.481 e. The van der Waals surface area contributed by atoms with Crippen molar-refractivity contribution < 1.29 is 14.7 Å². The zero-order chi connectivity index (χ0) is 15.4. The molecule has 2 unspecified atom stereocenters. The van der Waals surface area contributed by atoms with Gasteiger partial charge in [-0.15, -0.1) is 0 Å². The number of rotatable bonds is 4. The van der Waals surface area contributed by atoms with Crippen molar-refractivity contribution in [3.05, 3.63) is 29.0 Å². The van der Waals surface area contributed by atoms with Crippen LogP contribution in [0.25, 0.3) is 0 Å². The number of piperidine rings is 1. The molecule has 0 saturated carbocycles. The van der Waals surface area contributed by atoms with Gasteiger partial charge < -0.3 is 10.0 Å². The Morgan fingerprint density at radius 3 is 3.00 bits per heavy atom. The number of carbonyl (C=O) groups excluding carboxylic acids is 1. The van der Waals surface area contributed by atoms with E-state index in [2.05, 4.69) is 4.98 Å². The summed E-state index contributed by atoms with van der Waals surface area (Å²) in [6, 6.07) is 1.62. The summed E-state index contributed by atoms with van der Waals surface area (Å²) in [7, 11) is 0. The number of halogens is 1. The van der Waals surface area contributed by atoms with E-state index in [0.29, 0.717) is 23.7 Å². The second-order valence-electron chi connectivity index (χ2n) is 5.58. The van der Waals surface area contributed by atoms with Crippen molar-refractivity contribution in [2.75, 3.05) is 13.1 Å². The van der Waals surface area contributed by atoms with E-state index in [4.69, 9.17) is 16.7 Å². The van der Waals surface area contributed by atoms with E-state index in [9.17, 15) is 9.59 Å². The molecule has 2 atom stereocenters. The number of carbonyl (C=O) groups is 2. The number of amides is 1. The van der Waals surface area contributed by atoms with Gasteiger partial charge in [-0.1, -0.05) is 18.5 Å². The molecule has 2 rings (SSSR count). The number of likely N-dealkylation sites (tertiary alicyclic amines) is 1. The molecule has 1 aliphatic rings. The van der Waals surface area contributed by atoms with Gasteiger partial charge >= 0.3 is 5.97 Å². The van der Waals surface area contributed by atoms with Crippen molar-refractivity contribution in [2.45, 2.75) is 26.2 Å². The Bertz CT molecular complexity index is 535. The highest BCUT2D eigenvalue weighted by Crippen LogP contribution is 2.27. The molecule has 0 spiro atoms. The van der Waals surface area contributed by atoms with E-state index in [1.54, 1.807) is 17.2 Å². The Balaban J connectivity index is 2.05. The van der Waals surface area contributed by atoms with Crippen molar-refractivity contribution in [1.82, 2.24) is 9.88 Å². The van der Waals surface area contributed by atoms with Gasteiger partial charge in [0.25, 0.3) is 5.91 Å². The topological polar surface area (TPSA) is 70.5 Å². The normalized spacial score (nSPS) is 20.1. The Morgan fingerprint density at radius 1 is 1.57 bits per heavy atom. The smallest absolute Gasteiger partial charge is 0.303 e. The lowest BCUT2D eigenvalue weighted by atomic mass is 9.84. The molecule has 2 heterocycles. The first-order valence-corrected chi connectivity index (χ1v) is 7.47. The Hall–Kier alpha value is -1.62. The van der Waals surface area contributed by atoms with Crippen molar-refractivity contribution in [1.29, 1.82) is 0 Å². The van der Waals surface area contributed by atoms with Crippen LogP contribution in [0.4, 0.5) is 0 Å². The molecule has 1 saturated heterocycles. The van der Waals surface area contributed by atoms with Crippen molar-refractivity contribution in [3.63, 3.8) is 0 Å². The molecule has 21 heavy (non-hydrogen) atoms. The van der Waals surface area contributed by atoms with E-state index in [1.807, 2.05) is 6.92 Å². The van der Waals surface area contributed by atoms with E-state index < -0.39 is 5.97 Å². The summed E-state index contributed by atoms with van der Waals surface area (Å²) >= 11 is 6.02. The van der Waals surface area contributed by atoms with Gasteiger partial charge in [0.05, 0.1) is 10.6 Å². The lowest BCUT2D eigenvalue weighted by Gasteiger charge is -2.35. The fourth-order valence-electron chi connectivity index (χ4n) is 2.82. The summed E-state index contributed by atoms with van der Waals surface area (Å²) in [4.78, 5) is 29.0. The predicted octanol–water partition coefficient (Wildman–Crippen LogP) is 2.70. The van der Waals surface area contributed by atoms with Gasteiger partial charge in [-0.2, -0.15) is 0 Å². The van der Waals surface area contributed by atoms with Gasteiger partial charge in [-0.25, -0.2) is 0 Å². The molecule has 1 aliphatic heterocycles. The highest BCUT2D eigenvalue weighted by atomic mass is 35.5. The van der Waals surface area contributed by atoms with E-state index in [1.165, 1.54) is 6.20 Å². The third-order valence-corrected chi connectivity index (χ3v) is 4.35. The number of aliphatic carboxylic acids is 1. The maximum atomic E-state index is 12.5. The lowest BCUT2D eigenvalue weighted by molar-refractivity contribution is -0.138. The van der Waals surface area contributed by atoms with Gasteiger partial charge in [0.15, 0.2) is 0 Å². The summed E-state index contributed by atoms with van der Waals surface area (Å²) in [6.45, 7) is 3.21. The summed E-state index contributed by atoms with van der Waals surface area (Å²) in [5.41, 5.74) is 0.457. The molecule has 1 fully saturated rings. The lowest BCUT2D eigenvalue weighted by Crippen LogP contribution is -2.42. The molecule has 5 nitrogen and oxygen atoms in total. The van der Waals surface area contributed by atoms with Crippen LogP contribution >= 0.6 is 11.6 Å². The molecule has 114 valence electrons. The maximum absolute atomic E-state index is 12.5. The zero-order valence-corrected chi connectivity index (χ0v) is 12.7. The fraction of sp³-hybridized carbons (Fsp3) is 0.533. The Labute approximate surface area is 128 Å². The van der Waals surface area contributed by atoms with Gasteiger partial charge in [0.2, 0.25) is 0 Å². The second kappa shape index (κ2) is 6.89. The van der Waals surface area contributed by atoms with Gasteiger partial charge in [-0.05, 0) is 30.7 Å². The highest BCUT2D eigenvalue weighted by Gasteiger charge is 2.29. The number of aromatic nitrogens is 1.